The Morgan fingerprint density at radius 2 is 2.30 bits per heavy atom. The number of hydrogen-bond acceptors (Lipinski definition) is 0. The minimum absolute atomic E-state index is 0.536. The predicted molar refractivity (Wildman–Crippen MR) is 41.8 cm³/mol. The van der Waals surface area contributed by atoms with Gasteiger partial charge in [-0.05, 0) is 26.3 Å². The largest absolute Gasteiger partial charge is 0.304 e. The first-order valence-electron chi connectivity index (χ1n) is 4.24. The molecule has 1 saturated heterocycles. The second kappa shape index (κ2) is 1.85. The molecule has 1 fully saturated rings. The molecule has 0 saturated carbocycles. The van der Waals surface area contributed by atoms with Crippen molar-refractivity contribution in [2.24, 2.45) is 5.92 Å². The number of nitrogens with one attached hydrogen (secondary N) is 1. The second-order valence-corrected chi connectivity index (χ2v) is 4.12. The van der Waals surface area contributed by atoms with E-state index in [1.807, 2.05) is 0 Å². The Bertz CT molecular complexity index is 170. The molecule has 56 valence electrons. The van der Waals surface area contributed by atoms with Gasteiger partial charge in [0.2, 0.25) is 0 Å². The van der Waals surface area contributed by atoms with Crippen LogP contribution in [0.4, 0.5) is 0 Å². The van der Waals surface area contributed by atoms with Crippen LogP contribution in [0, 0.1) is 5.92 Å². The van der Waals surface area contributed by atoms with E-state index in [9.17, 15) is 0 Å². The first-order chi connectivity index (χ1) is 4.71. The maximum Gasteiger partial charge on any atom is 0.0995 e. The highest BCUT2D eigenvalue weighted by molar-refractivity contribution is 4.94. The zero-order valence-corrected chi connectivity index (χ0v) is 6.85. The zero-order valence-electron chi connectivity index (χ0n) is 6.85. The Morgan fingerprint density at radius 3 is 2.90 bits per heavy atom. The van der Waals surface area contributed by atoms with Crippen LogP contribution in [-0.4, -0.2) is 12.1 Å². The van der Waals surface area contributed by atoms with Gasteiger partial charge in [-0.1, -0.05) is 0 Å². The quantitative estimate of drug-likeness (QED) is 0.499. The highest BCUT2D eigenvalue weighted by atomic mass is 15.2. The van der Waals surface area contributed by atoms with Crippen LogP contribution in [0.1, 0.15) is 26.7 Å². The molecule has 0 radical (unpaired) electrons. The average molecular weight is 138 g/mol. The average Bonchev–Trinajstić information content (AvgIpc) is 2.17. The maximum absolute atomic E-state index is 2.39. The molecule has 1 unspecified atom stereocenters. The zero-order chi connectivity index (χ0) is 7.19. The third-order valence-corrected chi connectivity index (χ3v) is 3.35. The predicted octanol–water partition coefficient (Wildman–Crippen LogP) is 0.587. The fourth-order valence-electron chi connectivity index (χ4n) is 2.36. The van der Waals surface area contributed by atoms with Gasteiger partial charge in [0.25, 0.3) is 0 Å². The highest BCUT2D eigenvalue weighted by Crippen LogP contribution is 2.27. The van der Waals surface area contributed by atoms with Gasteiger partial charge in [-0.25, -0.2) is 0 Å². The standard InChI is InChI=1S/C9H15N/c1-9(2)8-4-3-6-10(9)7-5-8/h3,6,8H,4-5,7H2,1-2H3/p+1/t8-/m1/s1. The van der Waals surface area contributed by atoms with Crippen molar-refractivity contribution in [2.75, 3.05) is 6.54 Å². The van der Waals surface area contributed by atoms with Gasteiger partial charge in [0.1, 0.15) is 0 Å². The minimum Gasteiger partial charge on any atom is -0.304 e. The summed E-state index contributed by atoms with van der Waals surface area (Å²) in [5.74, 6) is 0.951. The number of rotatable bonds is 0. The molecule has 1 nitrogen and oxygen atoms in total. The van der Waals surface area contributed by atoms with Crippen molar-refractivity contribution in [3.8, 4) is 0 Å². The molecular weight excluding hydrogens is 122 g/mol. The van der Waals surface area contributed by atoms with Crippen LogP contribution in [-0.2, 0) is 0 Å². The summed E-state index contributed by atoms with van der Waals surface area (Å²) in [6, 6.07) is 0. The third kappa shape index (κ3) is 0.671. The highest BCUT2D eigenvalue weighted by Gasteiger charge is 2.45. The van der Waals surface area contributed by atoms with Crippen LogP contribution in [0.2, 0.25) is 0 Å². The molecule has 10 heavy (non-hydrogen) atoms. The minimum atomic E-state index is 0.536. The van der Waals surface area contributed by atoms with Crippen molar-refractivity contribution in [1.29, 1.82) is 0 Å². The van der Waals surface area contributed by atoms with Crippen molar-refractivity contribution >= 4 is 0 Å². The number of hydrogen-bond donors (Lipinski definition) is 1. The van der Waals surface area contributed by atoms with Crippen LogP contribution in [0.25, 0.3) is 0 Å². The van der Waals surface area contributed by atoms with Crippen molar-refractivity contribution in [3.63, 3.8) is 0 Å². The van der Waals surface area contributed by atoms with E-state index >= 15 is 0 Å². The molecule has 2 rings (SSSR count). The molecule has 2 bridgehead atoms. The molecule has 1 N–H and O–H groups in total. The molecule has 0 amide bonds. The Balaban J connectivity index is 2.32. The first-order valence-corrected chi connectivity index (χ1v) is 4.24. The van der Waals surface area contributed by atoms with E-state index < -0.39 is 0 Å². The van der Waals surface area contributed by atoms with Crippen LogP contribution in [0.5, 0.6) is 0 Å². The van der Waals surface area contributed by atoms with Crippen molar-refractivity contribution in [2.45, 2.75) is 32.2 Å². The molecule has 2 heterocycles. The summed E-state index contributed by atoms with van der Waals surface area (Å²) in [5.41, 5.74) is 0.536. The Hall–Kier alpha value is -0.300. The number of quaternary nitrogens is 1. The fraction of sp³-hybridized carbons (Fsp3) is 0.778. The molecule has 2 aliphatic heterocycles. The summed E-state index contributed by atoms with van der Waals surface area (Å²) in [6.45, 7) is 6.14. The van der Waals surface area contributed by atoms with E-state index in [0.29, 0.717) is 5.54 Å². The van der Waals surface area contributed by atoms with Crippen molar-refractivity contribution in [1.82, 2.24) is 0 Å². The molecule has 0 aliphatic carbocycles. The lowest BCUT2D eigenvalue weighted by Crippen LogP contribution is -3.14. The summed E-state index contributed by atoms with van der Waals surface area (Å²) in [4.78, 5) is 1.68. The van der Waals surface area contributed by atoms with Gasteiger partial charge in [-0.15, -0.1) is 0 Å². The van der Waals surface area contributed by atoms with Crippen LogP contribution < -0.4 is 4.90 Å². The number of allylic oxidation sites excluding steroid dienone is 1. The van der Waals surface area contributed by atoms with E-state index in [1.54, 1.807) is 4.90 Å². The molecule has 1 heteroatoms. The van der Waals surface area contributed by atoms with Crippen LogP contribution >= 0.6 is 0 Å². The number of fused-ring (bicyclic) bond motifs is 2. The first kappa shape index (κ1) is 6.41. The molecule has 2 aliphatic rings. The fourth-order valence-corrected chi connectivity index (χ4v) is 2.36. The van der Waals surface area contributed by atoms with Gasteiger partial charge in [0, 0.05) is 12.3 Å². The van der Waals surface area contributed by atoms with Crippen LogP contribution in [0.15, 0.2) is 12.3 Å². The van der Waals surface area contributed by atoms with Crippen molar-refractivity contribution < 1.29 is 4.90 Å². The Morgan fingerprint density at radius 1 is 1.50 bits per heavy atom. The lowest BCUT2D eigenvalue weighted by Gasteiger charge is -2.32. The normalized spacial score (nSPS) is 42.2. The van der Waals surface area contributed by atoms with E-state index in [0.717, 1.165) is 5.92 Å². The Kier molecular flexibility index (Phi) is 1.19. The van der Waals surface area contributed by atoms with E-state index in [2.05, 4.69) is 26.1 Å². The van der Waals surface area contributed by atoms with Gasteiger partial charge < -0.3 is 4.90 Å². The molecule has 2 atom stereocenters. The molecular formula is C9H16N+. The van der Waals surface area contributed by atoms with Gasteiger partial charge in [0.15, 0.2) is 0 Å². The third-order valence-electron chi connectivity index (χ3n) is 3.35. The lowest BCUT2D eigenvalue weighted by atomic mass is 9.84. The topological polar surface area (TPSA) is 4.44 Å². The van der Waals surface area contributed by atoms with E-state index in [-0.39, 0.29) is 0 Å². The molecule has 0 aromatic carbocycles. The lowest BCUT2D eigenvalue weighted by molar-refractivity contribution is -0.889. The maximum atomic E-state index is 2.39. The summed E-state index contributed by atoms with van der Waals surface area (Å²) in [7, 11) is 0. The van der Waals surface area contributed by atoms with E-state index in [4.69, 9.17) is 0 Å². The van der Waals surface area contributed by atoms with Gasteiger partial charge in [-0.2, -0.15) is 0 Å². The van der Waals surface area contributed by atoms with Gasteiger partial charge >= 0.3 is 0 Å². The summed E-state index contributed by atoms with van der Waals surface area (Å²) >= 11 is 0. The molecule has 0 aromatic rings. The van der Waals surface area contributed by atoms with Gasteiger partial charge in [0.05, 0.1) is 18.3 Å². The SMILES string of the molecule is CC1(C)[C@@H]2CC=C[NH+]1CC2. The smallest absolute Gasteiger partial charge is 0.0995 e. The van der Waals surface area contributed by atoms with E-state index in [1.165, 1.54) is 19.4 Å². The molecule has 0 aromatic heterocycles. The summed E-state index contributed by atoms with van der Waals surface area (Å²) < 4.78 is 0. The van der Waals surface area contributed by atoms with Crippen molar-refractivity contribution in [3.05, 3.63) is 12.3 Å². The van der Waals surface area contributed by atoms with Crippen LogP contribution in [0.3, 0.4) is 0 Å². The monoisotopic (exact) mass is 138 g/mol. The molecule has 0 spiro atoms. The van der Waals surface area contributed by atoms with Gasteiger partial charge in [-0.3, -0.25) is 0 Å². The Labute approximate surface area is 62.7 Å². The summed E-state index contributed by atoms with van der Waals surface area (Å²) in [5, 5.41) is 0. The second-order valence-electron chi connectivity index (χ2n) is 4.12. The summed E-state index contributed by atoms with van der Waals surface area (Å²) in [6.07, 6.45) is 7.44.